The smallest absolute Gasteiger partial charge is 0.307 e. The maximum atomic E-state index is 13.0. The lowest BCUT2D eigenvalue weighted by Gasteiger charge is -2.42. The average molecular weight is 376 g/mol. The van der Waals surface area contributed by atoms with E-state index in [1.54, 1.807) is 0 Å². The van der Waals surface area contributed by atoms with Gasteiger partial charge in [-0.2, -0.15) is 0 Å². The van der Waals surface area contributed by atoms with Crippen LogP contribution in [0.5, 0.6) is 0 Å². The van der Waals surface area contributed by atoms with Crippen LogP contribution < -0.4 is 0 Å². The van der Waals surface area contributed by atoms with Crippen LogP contribution in [0.15, 0.2) is 77.9 Å². The van der Waals surface area contributed by atoms with Crippen molar-refractivity contribution in [3.8, 4) is 0 Å². The minimum atomic E-state index is 0.0435. The lowest BCUT2D eigenvalue weighted by Crippen LogP contribution is -2.57. The molecule has 0 aliphatic carbocycles. The summed E-state index contributed by atoms with van der Waals surface area (Å²) in [5.41, 5.74) is 10.6. The van der Waals surface area contributed by atoms with Crippen molar-refractivity contribution >= 4 is 6.03 Å². The Morgan fingerprint density at radius 3 is 1.93 bits per heavy atom. The molecule has 2 aromatic rings. The van der Waals surface area contributed by atoms with Crippen LogP contribution in [-0.4, -0.2) is 47.2 Å². The van der Waals surface area contributed by atoms with Crippen molar-refractivity contribution in [3.05, 3.63) is 94.4 Å². The molecule has 0 atom stereocenters. The van der Waals surface area contributed by atoms with Crippen LogP contribution in [0, 0.1) is 0 Å². The second-order valence-corrected chi connectivity index (χ2v) is 6.67. The van der Waals surface area contributed by atoms with Gasteiger partial charge in [0, 0.05) is 31.1 Å². The van der Waals surface area contributed by atoms with E-state index >= 15 is 0 Å². The molecule has 1 aliphatic heterocycles. The fourth-order valence-electron chi connectivity index (χ4n) is 3.19. The van der Waals surface area contributed by atoms with E-state index in [0.29, 0.717) is 39.5 Å². The number of hydrogen-bond donors (Lipinski definition) is 0. The summed E-state index contributed by atoms with van der Waals surface area (Å²) in [7, 11) is 0. The maximum absolute atomic E-state index is 13.0. The summed E-state index contributed by atoms with van der Waals surface area (Å²) >= 11 is 0. The molecule has 1 fully saturated rings. The van der Waals surface area contributed by atoms with Gasteiger partial charge < -0.3 is 9.80 Å². The molecule has 0 bridgehead atoms. The third kappa shape index (κ3) is 5.61. The minimum absolute atomic E-state index is 0.0435. The fraction of sp³-hybridized carbons (Fsp3) is 0.286. The highest BCUT2D eigenvalue weighted by Gasteiger charge is 2.29. The first kappa shape index (κ1) is 19.5. The Bertz CT molecular complexity index is 779. The first-order chi connectivity index (χ1) is 13.8. The van der Waals surface area contributed by atoms with Gasteiger partial charge >= 0.3 is 6.03 Å². The molecule has 0 aromatic heterocycles. The number of carbonyl (C=O) groups excluding carboxylic acids is 1. The van der Waals surface area contributed by atoms with Crippen LogP contribution in [-0.2, 0) is 13.1 Å². The zero-order valence-electron chi connectivity index (χ0n) is 15.8. The van der Waals surface area contributed by atoms with E-state index in [4.69, 9.17) is 5.53 Å². The number of amides is 2. The molecular formula is C21H24N6O. The summed E-state index contributed by atoms with van der Waals surface area (Å²) in [6, 6.07) is 20.1. The third-order valence-corrected chi connectivity index (χ3v) is 4.50. The standard InChI is InChI=1S/C21H24N6O/c22-24-23-13-7-8-14-25-17-26(15-19-9-3-1-4-10-19)21(28)27(18-25)16-20-11-5-2-6-12-20/h1-12H,13-18H2/b8-7+. The van der Waals surface area contributed by atoms with E-state index in [-0.39, 0.29) is 6.03 Å². The van der Waals surface area contributed by atoms with Crippen molar-refractivity contribution in [2.45, 2.75) is 13.1 Å². The number of hydrogen-bond acceptors (Lipinski definition) is 3. The lowest BCUT2D eigenvalue weighted by atomic mass is 10.2. The summed E-state index contributed by atoms with van der Waals surface area (Å²) in [4.78, 5) is 21.7. The highest BCUT2D eigenvalue weighted by Crippen LogP contribution is 2.17. The molecule has 7 nitrogen and oxygen atoms in total. The Morgan fingerprint density at radius 1 is 0.893 bits per heavy atom. The maximum Gasteiger partial charge on any atom is 0.322 e. The molecule has 1 heterocycles. The molecule has 1 aliphatic rings. The monoisotopic (exact) mass is 376 g/mol. The van der Waals surface area contributed by atoms with Gasteiger partial charge in [-0.15, -0.1) is 0 Å². The van der Waals surface area contributed by atoms with Gasteiger partial charge in [0.25, 0.3) is 0 Å². The summed E-state index contributed by atoms with van der Waals surface area (Å²) < 4.78 is 0. The van der Waals surface area contributed by atoms with Gasteiger partial charge in [-0.3, -0.25) is 4.90 Å². The molecular weight excluding hydrogens is 352 g/mol. The molecule has 2 amide bonds. The summed E-state index contributed by atoms with van der Waals surface area (Å²) in [6.07, 6.45) is 3.82. The van der Waals surface area contributed by atoms with E-state index < -0.39 is 0 Å². The van der Waals surface area contributed by atoms with E-state index in [9.17, 15) is 4.79 Å². The normalized spacial score (nSPS) is 15.1. The van der Waals surface area contributed by atoms with Crippen LogP contribution in [0.2, 0.25) is 0 Å². The van der Waals surface area contributed by atoms with Gasteiger partial charge in [-0.05, 0) is 16.7 Å². The second kappa shape index (κ2) is 10.2. The Morgan fingerprint density at radius 2 is 1.43 bits per heavy atom. The van der Waals surface area contributed by atoms with Gasteiger partial charge in [0.1, 0.15) is 0 Å². The molecule has 0 radical (unpaired) electrons. The Balaban J connectivity index is 1.71. The topological polar surface area (TPSA) is 75.5 Å². The second-order valence-electron chi connectivity index (χ2n) is 6.67. The lowest BCUT2D eigenvalue weighted by molar-refractivity contribution is 0.0331. The molecule has 28 heavy (non-hydrogen) atoms. The fourth-order valence-corrected chi connectivity index (χ4v) is 3.19. The van der Waals surface area contributed by atoms with Crippen molar-refractivity contribution in [1.82, 2.24) is 14.7 Å². The summed E-state index contributed by atoms with van der Waals surface area (Å²) in [5, 5.41) is 3.51. The van der Waals surface area contributed by atoms with Crippen molar-refractivity contribution in [3.63, 3.8) is 0 Å². The number of azide groups is 1. The van der Waals surface area contributed by atoms with Crippen molar-refractivity contribution in [2.24, 2.45) is 5.11 Å². The molecule has 2 aromatic carbocycles. The van der Waals surface area contributed by atoms with Gasteiger partial charge in [-0.1, -0.05) is 77.9 Å². The predicted octanol–water partition coefficient (Wildman–Crippen LogP) is 4.21. The Kier molecular flexibility index (Phi) is 7.07. The Labute approximate surface area is 165 Å². The van der Waals surface area contributed by atoms with Crippen LogP contribution in [0.3, 0.4) is 0 Å². The highest BCUT2D eigenvalue weighted by molar-refractivity contribution is 5.75. The minimum Gasteiger partial charge on any atom is -0.307 e. The molecule has 7 heteroatoms. The van der Waals surface area contributed by atoms with Crippen molar-refractivity contribution in [2.75, 3.05) is 26.4 Å². The van der Waals surface area contributed by atoms with E-state index in [1.165, 1.54) is 0 Å². The number of rotatable bonds is 8. The third-order valence-electron chi connectivity index (χ3n) is 4.50. The average Bonchev–Trinajstić information content (AvgIpc) is 2.73. The van der Waals surface area contributed by atoms with E-state index in [2.05, 4.69) is 14.9 Å². The molecule has 0 saturated carbocycles. The predicted molar refractivity (Wildman–Crippen MR) is 109 cm³/mol. The summed E-state index contributed by atoms with van der Waals surface area (Å²) in [6.45, 7) is 3.29. The van der Waals surface area contributed by atoms with Crippen LogP contribution >= 0.6 is 0 Å². The van der Waals surface area contributed by atoms with E-state index in [1.807, 2.05) is 82.6 Å². The SMILES string of the molecule is [N-]=[N+]=NC/C=C/CN1CN(Cc2ccccc2)C(=O)N(Cc2ccccc2)C1. The number of carbonyl (C=O) groups is 1. The number of nitrogens with zero attached hydrogens (tertiary/aromatic N) is 6. The van der Waals surface area contributed by atoms with Gasteiger partial charge in [0.15, 0.2) is 0 Å². The number of urea groups is 1. The first-order valence-corrected chi connectivity index (χ1v) is 9.26. The highest BCUT2D eigenvalue weighted by atomic mass is 16.2. The summed E-state index contributed by atoms with van der Waals surface area (Å²) in [5.74, 6) is 0. The van der Waals surface area contributed by atoms with Gasteiger partial charge in [-0.25, -0.2) is 4.79 Å². The van der Waals surface area contributed by atoms with Crippen molar-refractivity contribution in [1.29, 1.82) is 0 Å². The van der Waals surface area contributed by atoms with Gasteiger partial charge in [0.2, 0.25) is 0 Å². The molecule has 3 rings (SSSR count). The molecule has 144 valence electrons. The van der Waals surface area contributed by atoms with Crippen LogP contribution in [0.4, 0.5) is 4.79 Å². The molecule has 0 unspecified atom stereocenters. The van der Waals surface area contributed by atoms with E-state index in [0.717, 1.165) is 11.1 Å². The molecule has 0 spiro atoms. The first-order valence-electron chi connectivity index (χ1n) is 9.26. The molecule has 1 saturated heterocycles. The van der Waals surface area contributed by atoms with Gasteiger partial charge in [0.05, 0.1) is 13.3 Å². The zero-order chi connectivity index (χ0) is 19.6. The van der Waals surface area contributed by atoms with Crippen molar-refractivity contribution < 1.29 is 4.79 Å². The quantitative estimate of drug-likeness (QED) is 0.299. The largest absolute Gasteiger partial charge is 0.322 e. The number of benzene rings is 2. The zero-order valence-corrected chi connectivity index (χ0v) is 15.8. The Hall–Kier alpha value is -3.28. The van der Waals surface area contributed by atoms with Crippen LogP contribution in [0.25, 0.3) is 10.4 Å². The molecule has 0 N–H and O–H groups in total. The van der Waals surface area contributed by atoms with Crippen LogP contribution in [0.1, 0.15) is 11.1 Å².